The van der Waals surface area contributed by atoms with Gasteiger partial charge in [-0.1, -0.05) is 29.8 Å². The van der Waals surface area contributed by atoms with Crippen molar-refractivity contribution in [2.45, 2.75) is 26.4 Å². The van der Waals surface area contributed by atoms with Crippen molar-refractivity contribution in [2.24, 2.45) is 0 Å². The predicted molar refractivity (Wildman–Crippen MR) is 78.1 cm³/mol. The lowest BCUT2D eigenvalue weighted by Gasteiger charge is -2.08. The molecule has 0 aliphatic carbocycles. The van der Waals surface area contributed by atoms with E-state index in [1.165, 1.54) is 6.07 Å². The van der Waals surface area contributed by atoms with Crippen LogP contribution in [0.25, 0.3) is 0 Å². The minimum Gasteiger partial charge on any atom is -0.434 e. The number of hydrogen-bond acceptors (Lipinski definition) is 4. The van der Waals surface area contributed by atoms with Crippen molar-refractivity contribution < 1.29 is 13.5 Å². The van der Waals surface area contributed by atoms with E-state index in [2.05, 4.69) is 31.4 Å². The molecular weight excluding hydrogens is 344 g/mol. The topological polar surface area (TPSA) is 47.0 Å². The Bertz CT molecular complexity index is 620. The summed E-state index contributed by atoms with van der Waals surface area (Å²) >= 11 is 3.08. The van der Waals surface area contributed by atoms with Crippen molar-refractivity contribution in [2.75, 3.05) is 0 Å². The highest BCUT2D eigenvalue weighted by atomic mass is 79.9. The van der Waals surface area contributed by atoms with Crippen LogP contribution in [0.2, 0.25) is 0 Å². The summed E-state index contributed by atoms with van der Waals surface area (Å²) in [5.41, 5.74) is 0.733. The summed E-state index contributed by atoms with van der Waals surface area (Å²) in [6.45, 7) is 4.62. The van der Waals surface area contributed by atoms with Gasteiger partial charge in [0.2, 0.25) is 11.7 Å². The van der Waals surface area contributed by atoms with Gasteiger partial charge in [-0.15, -0.1) is 5.10 Å². The quantitative estimate of drug-likeness (QED) is 0.826. The smallest absolute Gasteiger partial charge is 0.239 e. The van der Waals surface area contributed by atoms with Gasteiger partial charge >= 0.3 is 0 Å². The molecule has 1 heterocycles. The fourth-order valence-electron chi connectivity index (χ4n) is 1.52. The lowest BCUT2D eigenvalue weighted by Crippen LogP contribution is -2.22. The highest BCUT2D eigenvalue weighted by Crippen LogP contribution is 2.28. The molecule has 0 saturated carbocycles. The van der Waals surface area contributed by atoms with E-state index in [0.29, 0.717) is 17.1 Å². The Labute approximate surface area is 129 Å². The van der Waals surface area contributed by atoms with Crippen LogP contribution in [0.4, 0.5) is 8.78 Å². The maximum absolute atomic E-state index is 13.6. The van der Waals surface area contributed by atoms with Crippen LogP contribution in [0.3, 0.4) is 0 Å². The number of nitrogens with one attached hydrogen (secondary N) is 1. The van der Waals surface area contributed by atoms with E-state index >= 15 is 0 Å². The summed E-state index contributed by atoms with van der Waals surface area (Å²) < 4.78 is 32.4. The van der Waals surface area contributed by atoms with E-state index in [9.17, 15) is 8.78 Å². The van der Waals surface area contributed by atoms with Crippen LogP contribution in [0.5, 0.6) is 11.6 Å². The number of rotatable bonds is 5. The van der Waals surface area contributed by atoms with Crippen molar-refractivity contribution >= 4 is 15.9 Å². The molecule has 1 N–H and O–H groups in total. The van der Waals surface area contributed by atoms with Gasteiger partial charge in [0.1, 0.15) is 0 Å². The molecule has 112 valence electrons. The highest BCUT2D eigenvalue weighted by Gasteiger charge is 2.13. The summed E-state index contributed by atoms with van der Waals surface area (Å²) in [5.74, 6) is -2.21. The van der Waals surface area contributed by atoms with Crippen LogP contribution in [-0.2, 0) is 6.54 Å². The van der Waals surface area contributed by atoms with Crippen LogP contribution < -0.4 is 10.1 Å². The standard InChI is InChI=1S/C14H14BrF2N3O/c1-8(2)18-7-10-3-4-13(20-19-10)21-12-6-9(15)5-11(16)14(12)17/h3-6,8,18H,7H2,1-2H3. The lowest BCUT2D eigenvalue weighted by molar-refractivity contribution is 0.400. The molecule has 0 amide bonds. The Morgan fingerprint density at radius 3 is 2.62 bits per heavy atom. The molecule has 0 spiro atoms. The van der Waals surface area contributed by atoms with E-state index in [0.717, 1.165) is 11.8 Å². The first-order chi connectivity index (χ1) is 9.95. The number of hydrogen-bond donors (Lipinski definition) is 1. The average molecular weight is 358 g/mol. The summed E-state index contributed by atoms with van der Waals surface area (Å²) in [6.07, 6.45) is 0. The van der Waals surface area contributed by atoms with Gasteiger partial charge in [-0.2, -0.15) is 9.49 Å². The Hall–Kier alpha value is -1.60. The number of aromatic nitrogens is 2. The number of ether oxygens (including phenoxy) is 1. The molecule has 21 heavy (non-hydrogen) atoms. The van der Waals surface area contributed by atoms with E-state index < -0.39 is 11.6 Å². The fourth-order valence-corrected chi connectivity index (χ4v) is 1.93. The maximum Gasteiger partial charge on any atom is 0.239 e. The molecule has 0 aliphatic rings. The summed E-state index contributed by atoms with van der Waals surface area (Å²) in [5, 5.41) is 11.0. The molecular formula is C14H14BrF2N3O. The largest absolute Gasteiger partial charge is 0.434 e. The van der Waals surface area contributed by atoms with Crippen molar-refractivity contribution in [1.29, 1.82) is 0 Å². The van der Waals surface area contributed by atoms with E-state index in [1.54, 1.807) is 12.1 Å². The number of halogens is 3. The minimum atomic E-state index is -1.06. The van der Waals surface area contributed by atoms with Gasteiger partial charge in [0, 0.05) is 23.1 Å². The van der Waals surface area contributed by atoms with Gasteiger partial charge in [0.05, 0.1) is 5.69 Å². The molecule has 0 unspecified atom stereocenters. The molecule has 4 nitrogen and oxygen atoms in total. The fraction of sp³-hybridized carbons (Fsp3) is 0.286. The monoisotopic (exact) mass is 357 g/mol. The molecule has 1 aromatic carbocycles. The first kappa shape index (κ1) is 15.8. The van der Waals surface area contributed by atoms with E-state index in [1.807, 2.05) is 13.8 Å². The molecule has 0 atom stereocenters. The first-order valence-electron chi connectivity index (χ1n) is 6.34. The molecule has 0 bridgehead atoms. The number of nitrogens with zero attached hydrogens (tertiary/aromatic N) is 2. The van der Waals surface area contributed by atoms with Gasteiger partial charge in [-0.05, 0) is 18.2 Å². The van der Waals surface area contributed by atoms with Gasteiger partial charge in [0.15, 0.2) is 11.6 Å². The van der Waals surface area contributed by atoms with E-state index in [4.69, 9.17) is 4.74 Å². The zero-order valence-corrected chi connectivity index (χ0v) is 13.1. The second kappa shape index (κ2) is 6.91. The third-order valence-corrected chi connectivity index (χ3v) is 3.02. The van der Waals surface area contributed by atoms with Crippen molar-refractivity contribution in [3.05, 3.63) is 46.1 Å². The number of benzene rings is 1. The summed E-state index contributed by atoms with van der Waals surface area (Å²) in [4.78, 5) is 0. The Morgan fingerprint density at radius 2 is 2.00 bits per heavy atom. The van der Waals surface area contributed by atoms with Gasteiger partial charge in [0.25, 0.3) is 0 Å². The summed E-state index contributed by atoms with van der Waals surface area (Å²) in [7, 11) is 0. The van der Waals surface area contributed by atoms with Crippen molar-refractivity contribution in [3.63, 3.8) is 0 Å². The Balaban J connectivity index is 2.10. The second-order valence-corrected chi connectivity index (χ2v) is 5.62. The molecule has 1 aromatic heterocycles. The van der Waals surface area contributed by atoms with Crippen LogP contribution >= 0.6 is 15.9 Å². The molecule has 0 radical (unpaired) electrons. The molecule has 0 aliphatic heterocycles. The molecule has 2 aromatic rings. The average Bonchev–Trinajstić information content (AvgIpc) is 2.43. The van der Waals surface area contributed by atoms with Crippen LogP contribution in [-0.4, -0.2) is 16.2 Å². The summed E-state index contributed by atoms with van der Waals surface area (Å²) in [6, 6.07) is 5.96. The SMILES string of the molecule is CC(C)NCc1ccc(Oc2cc(Br)cc(F)c2F)nn1. The highest BCUT2D eigenvalue weighted by molar-refractivity contribution is 9.10. The zero-order chi connectivity index (χ0) is 15.4. The van der Waals surface area contributed by atoms with Gasteiger partial charge in [-0.25, -0.2) is 4.39 Å². The van der Waals surface area contributed by atoms with Gasteiger partial charge in [-0.3, -0.25) is 0 Å². The van der Waals surface area contributed by atoms with Crippen molar-refractivity contribution in [3.8, 4) is 11.6 Å². The van der Waals surface area contributed by atoms with Crippen molar-refractivity contribution in [1.82, 2.24) is 15.5 Å². The first-order valence-corrected chi connectivity index (χ1v) is 7.13. The third kappa shape index (κ3) is 4.44. The van der Waals surface area contributed by atoms with Crippen LogP contribution in [0.1, 0.15) is 19.5 Å². The molecule has 2 rings (SSSR count). The molecule has 0 fully saturated rings. The lowest BCUT2D eigenvalue weighted by atomic mass is 10.3. The van der Waals surface area contributed by atoms with Crippen LogP contribution in [0, 0.1) is 11.6 Å². The predicted octanol–water partition coefficient (Wildman–Crippen LogP) is 3.81. The van der Waals surface area contributed by atoms with E-state index in [-0.39, 0.29) is 11.6 Å². The second-order valence-electron chi connectivity index (χ2n) is 4.70. The zero-order valence-electron chi connectivity index (χ0n) is 11.5. The van der Waals surface area contributed by atoms with Gasteiger partial charge < -0.3 is 10.1 Å². The maximum atomic E-state index is 13.6. The molecule has 0 saturated heterocycles. The Morgan fingerprint density at radius 1 is 1.24 bits per heavy atom. The van der Waals surface area contributed by atoms with Crippen LogP contribution in [0.15, 0.2) is 28.7 Å². The minimum absolute atomic E-state index is 0.0969. The normalized spacial score (nSPS) is 11.0. The molecule has 7 heteroatoms. The Kier molecular flexibility index (Phi) is 5.19. The third-order valence-electron chi connectivity index (χ3n) is 2.56.